The Labute approximate surface area is 143 Å². The summed E-state index contributed by atoms with van der Waals surface area (Å²) < 4.78 is 17.8. The first kappa shape index (κ1) is 16.5. The summed E-state index contributed by atoms with van der Waals surface area (Å²) in [6.07, 6.45) is 0.765. The van der Waals surface area contributed by atoms with Crippen molar-refractivity contribution in [2.45, 2.75) is 17.4 Å². The predicted molar refractivity (Wildman–Crippen MR) is 93.7 cm³/mol. The van der Waals surface area contributed by atoms with Gasteiger partial charge < -0.3 is 15.4 Å². The highest BCUT2D eigenvalue weighted by Crippen LogP contribution is 2.27. The van der Waals surface area contributed by atoms with E-state index in [-0.39, 0.29) is 12.1 Å². The molecule has 126 valence electrons. The molecule has 0 spiro atoms. The Kier molecular flexibility index (Phi) is 5.48. The van der Waals surface area contributed by atoms with E-state index in [4.69, 9.17) is 4.74 Å². The first-order valence-electron chi connectivity index (χ1n) is 7.92. The van der Waals surface area contributed by atoms with Crippen molar-refractivity contribution in [2.75, 3.05) is 18.8 Å². The molecule has 2 aromatic carbocycles. The zero-order valence-corrected chi connectivity index (χ0v) is 14.1. The highest BCUT2D eigenvalue weighted by atomic mass is 32.2. The number of fused-ring (bicyclic) bond motifs is 1. The molecule has 2 amide bonds. The van der Waals surface area contributed by atoms with Crippen molar-refractivity contribution < 1.29 is 13.7 Å². The zero-order chi connectivity index (χ0) is 16.8. The quantitative estimate of drug-likeness (QED) is 0.843. The molecule has 1 aliphatic heterocycles. The minimum atomic E-state index is -1.10. The summed E-state index contributed by atoms with van der Waals surface area (Å²) in [4.78, 5) is 12.6. The number of amides is 2. The molecule has 0 fully saturated rings. The maximum Gasteiger partial charge on any atom is 0.314 e. The van der Waals surface area contributed by atoms with Crippen molar-refractivity contribution in [1.82, 2.24) is 10.6 Å². The van der Waals surface area contributed by atoms with E-state index in [1.165, 1.54) is 5.56 Å². The molecule has 0 bridgehead atoms. The summed E-state index contributed by atoms with van der Waals surface area (Å²) in [5, 5.41) is 5.53. The number of carbonyl (C=O) groups is 1. The van der Waals surface area contributed by atoms with Crippen LogP contribution in [0, 0.1) is 0 Å². The van der Waals surface area contributed by atoms with Crippen LogP contribution in [0.3, 0.4) is 0 Å². The van der Waals surface area contributed by atoms with Crippen molar-refractivity contribution >= 4 is 16.8 Å². The van der Waals surface area contributed by atoms with E-state index < -0.39 is 10.8 Å². The van der Waals surface area contributed by atoms with Crippen LogP contribution in [0.1, 0.15) is 5.56 Å². The summed E-state index contributed by atoms with van der Waals surface area (Å²) in [7, 11) is -1.10. The van der Waals surface area contributed by atoms with Crippen LogP contribution in [-0.4, -0.2) is 35.2 Å². The predicted octanol–water partition coefficient (Wildman–Crippen LogP) is 2.10. The summed E-state index contributed by atoms with van der Waals surface area (Å²) in [5.41, 5.74) is 1.17. The van der Waals surface area contributed by atoms with Gasteiger partial charge in [-0.1, -0.05) is 36.4 Å². The number of ether oxygens (including phenoxy) is 1. The molecule has 6 heteroatoms. The van der Waals surface area contributed by atoms with Gasteiger partial charge in [-0.25, -0.2) is 4.79 Å². The fourth-order valence-corrected chi connectivity index (χ4v) is 3.57. The first-order valence-corrected chi connectivity index (χ1v) is 9.24. The molecule has 0 saturated heterocycles. The molecule has 0 aliphatic carbocycles. The van der Waals surface area contributed by atoms with E-state index in [9.17, 15) is 9.00 Å². The molecule has 2 aromatic rings. The van der Waals surface area contributed by atoms with Gasteiger partial charge in [-0.15, -0.1) is 0 Å². The number of benzene rings is 2. The molecule has 1 heterocycles. The third-order valence-electron chi connectivity index (χ3n) is 3.78. The standard InChI is InChI=1S/C18H20N2O3S/c21-18(19-10-11-24(22)16-7-2-1-3-8-16)20-13-15-12-14-6-4-5-9-17(14)23-15/h1-9,15H,10-13H2,(H2,19,20,21)/t15-,24+/m1/s1. The van der Waals surface area contributed by atoms with Gasteiger partial charge >= 0.3 is 6.03 Å². The molecule has 5 nitrogen and oxygen atoms in total. The van der Waals surface area contributed by atoms with Crippen molar-refractivity contribution in [2.24, 2.45) is 0 Å². The Balaban J connectivity index is 1.34. The van der Waals surface area contributed by atoms with Crippen molar-refractivity contribution in [3.05, 3.63) is 60.2 Å². The molecular formula is C18H20N2O3S. The van der Waals surface area contributed by atoms with Gasteiger partial charge in [-0.3, -0.25) is 4.21 Å². The van der Waals surface area contributed by atoms with Crippen LogP contribution < -0.4 is 15.4 Å². The van der Waals surface area contributed by atoms with E-state index in [1.54, 1.807) is 0 Å². The zero-order valence-electron chi connectivity index (χ0n) is 13.2. The Morgan fingerprint density at radius 2 is 1.83 bits per heavy atom. The molecular weight excluding hydrogens is 324 g/mol. The third kappa shape index (κ3) is 4.35. The van der Waals surface area contributed by atoms with Gasteiger partial charge in [0.2, 0.25) is 0 Å². The van der Waals surface area contributed by atoms with Gasteiger partial charge in [0, 0.05) is 23.6 Å². The topological polar surface area (TPSA) is 67.4 Å². The van der Waals surface area contributed by atoms with Gasteiger partial charge in [0.15, 0.2) is 0 Å². The lowest BCUT2D eigenvalue weighted by Gasteiger charge is -2.12. The maximum absolute atomic E-state index is 12.0. The summed E-state index contributed by atoms with van der Waals surface area (Å²) in [6.45, 7) is 0.807. The molecule has 24 heavy (non-hydrogen) atoms. The second-order valence-electron chi connectivity index (χ2n) is 5.55. The lowest BCUT2D eigenvalue weighted by Crippen LogP contribution is -2.42. The number of hydrogen-bond acceptors (Lipinski definition) is 3. The van der Waals surface area contributed by atoms with Gasteiger partial charge in [0.25, 0.3) is 0 Å². The van der Waals surface area contributed by atoms with Gasteiger partial charge in [0.05, 0.1) is 17.3 Å². The molecule has 2 N–H and O–H groups in total. The fourth-order valence-electron chi connectivity index (χ4n) is 2.58. The minimum absolute atomic E-state index is 0.0356. The SMILES string of the molecule is O=C(NCC[S@](=O)c1ccccc1)NC[C@H]1Cc2ccccc2O1. The summed E-state index contributed by atoms with van der Waals surface area (Å²) >= 11 is 0. The Hall–Kier alpha value is -2.34. The number of carbonyl (C=O) groups excluding carboxylic acids is 1. The third-order valence-corrected chi connectivity index (χ3v) is 5.16. The van der Waals surface area contributed by atoms with Crippen molar-refractivity contribution in [1.29, 1.82) is 0 Å². The van der Waals surface area contributed by atoms with Crippen LogP contribution in [-0.2, 0) is 17.2 Å². The van der Waals surface area contributed by atoms with Gasteiger partial charge in [0.1, 0.15) is 11.9 Å². The largest absolute Gasteiger partial charge is 0.488 e. The molecule has 0 radical (unpaired) electrons. The second kappa shape index (κ2) is 7.97. The highest BCUT2D eigenvalue weighted by molar-refractivity contribution is 7.85. The molecule has 0 unspecified atom stereocenters. The average Bonchev–Trinajstić information content (AvgIpc) is 3.03. The smallest absolute Gasteiger partial charge is 0.314 e. The average molecular weight is 344 g/mol. The molecule has 0 aromatic heterocycles. The lowest BCUT2D eigenvalue weighted by molar-refractivity contribution is 0.214. The number of rotatable bonds is 6. The monoisotopic (exact) mass is 344 g/mol. The Bertz CT molecular complexity index is 696. The summed E-state index contributed by atoms with van der Waals surface area (Å²) in [5.74, 6) is 1.28. The van der Waals surface area contributed by atoms with Crippen LogP contribution in [0.2, 0.25) is 0 Å². The van der Waals surface area contributed by atoms with E-state index >= 15 is 0 Å². The van der Waals surface area contributed by atoms with Gasteiger partial charge in [-0.05, 0) is 23.8 Å². The normalized spacial score (nSPS) is 16.8. The van der Waals surface area contributed by atoms with Crippen LogP contribution >= 0.6 is 0 Å². The second-order valence-corrected chi connectivity index (χ2v) is 7.12. The number of hydrogen-bond donors (Lipinski definition) is 2. The summed E-state index contributed by atoms with van der Waals surface area (Å²) in [6, 6.07) is 16.9. The Morgan fingerprint density at radius 1 is 1.08 bits per heavy atom. The molecule has 3 rings (SSSR count). The number of urea groups is 1. The first-order chi connectivity index (χ1) is 11.7. The number of para-hydroxylation sites is 1. The van der Waals surface area contributed by atoms with Crippen LogP contribution in [0.4, 0.5) is 4.79 Å². The Morgan fingerprint density at radius 3 is 2.62 bits per heavy atom. The number of nitrogens with one attached hydrogen (secondary N) is 2. The van der Waals surface area contributed by atoms with E-state index in [1.807, 2.05) is 54.6 Å². The van der Waals surface area contributed by atoms with Gasteiger partial charge in [-0.2, -0.15) is 0 Å². The van der Waals surface area contributed by atoms with E-state index in [2.05, 4.69) is 10.6 Å². The highest BCUT2D eigenvalue weighted by Gasteiger charge is 2.22. The maximum atomic E-state index is 12.0. The van der Waals surface area contributed by atoms with E-state index in [0.717, 1.165) is 17.1 Å². The van der Waals surface area contributed by atoms with Crippen LogP contribution in [0.25, 0.3) is 0 Å². The lowest BCUT2D eigenvalue weighted by atomic mass is 10.1. The minimum Gasteiger partial charge on any atom is -0.488 e. The fraction of sp³-hybridized carbons (Fsp3) is 0.278. The van der Waals surface area contributed by atoms with Crippen molar-refractivity contribution in [3.8, 4) is 5.75 Å². The van der Waals surface area contributed by atoms with Crippen molar-refractivity contribution in [3.63, 3.8) is 0 Å². The molecule has 1 aliphatic rings. The van der Waals surface area contributed by atoms with E-state index in [0.29, 0.717) is 18.8 Å². The van der Waals surface area contributed by atoms with Crippen LogP contribution in [0.5, 0.6) is 5.75 Å². The molecule has 2 atom stereocenters. The van der Waals surface area contributed by atoms with Crippen LogP contribution in [0.15, 0.2) is 59.5 Å². The molecule has 0 saturated carbocycles.